The van der Waals surface area contributed by atoms with E-state index in [1.54, 1.807) is 13.1 Å². The molecule has 1 N–H and O–H groups in total. The Morgan fingerprint density at radius 1 is 1.50 bits per heavy atom. The first kappa shape index (κ1) is 13.6. The Morgan fingerprint density at radius 3 is 2.90 bits per heavy atom. The SMILES string of the molecule is CC[C@@]12CCOC([C@H](n3cc(C)c(=O)[nH]c3=O)O1)[C@H]2C. The number of nitrogens with zero attached hydrogens (tertiary/aromatic N) is 1. The molecule has 0 saturated carbocycles. The number of hydrogen-bond acceptors (Lipinski definition) is 4. The number of hydrogen-bond donors (Lipinski definition) is 1. The lowest BCUT2D eigenvalue weighted by Gasteiger charge is -2.35. The van der Waals surface area contributed by atoms with Gasteiger partial charge in [0.05, 0.1) is 5.60 Å². The number of fused-ring (bicyclic) bond motifs is 2. The summed E-state index contributed by atoms with van der Waals surface area (Å²) in [4.78, 5) is 25.8. The van der Waals surface area contributed by atoms with Crippen LogP contribution in [0.25, 0.3) is 0 Å². The van der Waals surface area contributed by atoms with E-state index in [1.807, 2.05) is 0 Å². The van der Waals surface area contributed by atoms with Crippen molar-refractivity contribution in [3.63, 3.8) is 0 Å². The van der Waals surface area contributed by atoms with Crippen molar-refractivity contribution < 1.29 is 9.47 Å². The highest BCUT2D eigenvalue weighted by Gasteiger charge is 2.55. The summed E-state index contributed by atoms with van der Waals surface area (Å²) in [5.41, 5.74) is -0.531. The van der Waals surface area contributed by atoms with E-state index in [0.29, 0.717) is 12.2 Å². The van der Waals surface area contributed by atoms with Crippen molar-refractivity contribution in [3.05, 3.63) is 32.6 Å². The van der Waals surface area contributed by atoms with E-state index < -0.39 is 11.9 Å². The monoisotopic (exact) mass is 280 g/mol. The number of aromatic nitrogens is 2. The largest absolute Gasteiger partial charge is 0.373 e. The fourth-order valence-corrected chi connectivity index (χ4v) is 3.41. The molecule has 0 amide bonds. The van der Waals surface area contributed by atoms with Gasteiger partial charge in [-0.3, -0.25) is 14.3 Å². The van der Waals surface area contributed by atoms with Gasteiger partial charge in [-0.25, -0.2) is 4.79 Å². The highest BCUT2D eigenvalue weighted by molar-refractivity contribution is 5.06. The quantitative estimate of drug-likeness (QED) is 0.875. The Kier molecular flexibility index (Phi) is 3.10. The van der Waals surface area contributed by atoms with Crippen LogP contribution in [0.3, 0.4) is 0 Å². The third kappa shape index (κ3) is 1.78. The van der Waals surface area contributed by atoms with Crippen LogP contribution in [0, 0.1) is 12.8 Å². The van der Waals surface area contributed by atoms with Crippen molar-refractivity contribution in [2.24, 2.45) is 5.92 Å². The number of nitrogens with one attached hydrogen (secondary N) is 1. The number of rotatable bonds is 2. The van der Waals surface area contributed by atoms with Crippen LogP contribution in [0.1, 0.15) is 38.5 Å². The van der Waals surface area contributed by atoms with Gasteiger partial charge in [0.15, 0.2) is 6.23 Å². The Balaban J connectivity index is 2.06. The van der Waals surface area contributed by atoms with E-state index in [0.717, 1.165) is 12.8 Å². The zero-order chi connectivity index (χ0) is 14.5. The summed E-state index contributed by atoms with van der Waals surface area (Å²) in [7, 11) is 0. The standard InChI is InChI=1S/C14H20N2O4/c1-4-14-5-6-19-10(9(14)3)12(20-14)16-7-8(2)11(17)15-13(16)18/h7,9-10,12H,4-6H2,1-3H3,(H,15,17,18)/t9-,10?,12-,14+/m1/s1. The van der Waals surface area contributed by atoms with Gasteiger partial charge in [0, 0.05) is 30.7 Å². The first-order valence-electron chi connectivity index (χ1n) is 7.10. The predicted molar refractivity (Wildman–Crippen MR) is 72.7 cm³/mol. The maximum Gasteiger partial charge on any atom is 0.330 e. The Bertz CT molecular complexity index is 635. The molecule has 0 aromatic carbocycles. The molecule has 2 aliphatic heterocycles. The minimum absolute atomic E-state index is 0.147. The lowest BCUT2D eigenvalue weighted by Crippen LogP contribution is -2.42. The zero-order valence-electron chi connectivity index (χ0n) is 12.0. The topological polar surface area (TPSA) is 73.3 Å². The lowest BCUT2D eigenvalue weighted by molar-refractivity contribution is -0.0880. The maximum atomic E-state index is 12.0. The molecule has 0 spiro atoms. The van der Waals surface area contributed by atoms with Crippen LogP contribution in [0.5, 0.6) is 0 Å². The lowest BCUT2D eigenvalue weighted by atomic mass is 9.81. The summed E-state index contributed by atoms with van der Waals surface area (Å²) in [5.74, 6) is 0.227. The Labute approximate surface area is 116 Å². The van der Waals surface area contributed by atoms with E-state index in [9.17, 15) is 9.59 Å². The second-order valence-electron chi connectivity index (χ2n) is 5.78. The Hall–Kier alpha value is -1.40. The summed E-state index contributed by atoms with van der Waals surface area (Å²) in [6, 6.07) is 0. The molecule has 6 heteroatoms. The average Bonchev–Trinajstić information content (AvgIpc) is 2.60. The van der Waals surface area contributed by atoms with E-state index >= 15 is 0 Å². The van der Waals surface area contributed by atoms with Crippen molar-refractivity contribution in [2.75, 3.05) is 6.61 Å². The first-order valence-corrected chi connectivity index (χ1v) is 7.10. The summed E-state index contributed by atoms with van der Waals surface area (Å²) < 4.78 is 13.5. The molecule has 3 rings (SSSR count). The van der Waals surface area contributed by atoms with Crippen LogP contribution in [0.2, 0.25) is 0 Å². The van der Waals surface area contributed by atoms with Gasteiger partial charge in [-0.05, 0) is 13.3 Å². The van der Waals surface area contributed by atoms with E-state index in [4.69, 9.17) is 9.47 Å². The van der Waals surface area contributed by atoms with Crippen LogP contribution in [0.4, 0.5) is 0 Å². The van der Waals surface area contributed by atoms with E-state index in [2.05, 4.69) is 18.8 Å². The number of H-pyrrole nitrogens is 1. The number of aromatic amines is 1. The highest BCUT2D eigenvalue weighted by Crippen LogP contribution is 2.49. The molecule has 4 atom stereocenters. The fraction of sp³-hybridized carbons (Fsp3) is 0.714. The Morgan fingerprint density at radius 2 is 2.25 bits per heavy atom. The van der Waals surface area contributed by atoms with Crippen LogP contribution in [-0.4, -0.2) is 27.9 Å². The normalized spacial score (nSPS) is 36.2. The van der Waals surface area contributed by atoms with Gasteiger partial charge in [0.2, 0.25) is 0 Å². The van der Waals surface area contributed by atoms with Crippen molar-refractivity contribution in [3.8, 4) is 0 Å². The first-order chi connectivity index (χ1) is 9.48. The molecule has 2 bridgehead atoms. The molecular weight excluding hydrogens is 260 g/mol. The zero-order valence-corrected chi connectivity index (χ0v) is 12.0. The van der Waals surface area contributed by atoms with Crippen LogP contribution >= 0.6 is 0 Å². The summed E-state index contributed by atoms with van der Waals surface area (Å²) in [6.07, 6.45) is 2.68. The molecule has 2 aliphatic rings. The second kappa shape index (κ2) is 4.56. The molecule has 110 valence electrons. The van der Waals surface area contributed by atoms with Gasteiger partial charge in [-0.15, -0.1) is 0 Å². The van der Waals surface area contributed by atoms with Gasteiger partial charge >= 0.3 is 5.69 Å². The minimum Gasteiger partial charge on any atom is -0.373 e. The minimum atomic E-state index is -0.463. The molecule has 20 heavy (non-hydrogen) atoms. The van der Waals surface area contributed by atoms with Gasteiger partial charge in [0.1, 0.15) is 6.10 Å². The fourth-order valence-electron chi connectivity index (χ4n) is 3.41. The number of ether oxygens (including phenoxy) is 2. The van der Waals surface area contributed by atoms with Crippen LogP contribution < -0.4 is 11.2 Å². The van der Waals surface area contributed by atoms with Crippen LogP contribution in [-0.2, 0) is 9.47 Å². The van der Waals surface area contributed by atoms with Gasteiger partial charge in [0.25, 0.3) is 5.56 Å². The summed E-state index contributed by atoms with van der Waals surface area (Å²) in [6.45, 7) is 6.53. The smallest absolute Gasteiger partial charge is 0.330 e. The van der Waals surface area contributed by atoms with Gasteiger partial charge < -0.3 is 9.47 Å². The third-order valence-electron chi connectivity index (χ3n) is 4.81. The molecule has 3 heterocycles. The van der Waals surface area contributed by atoms with Gasteiger partial charge in [-0.1, -0.05) is 13.8 Å². The average molecular weight is 280 g/mol. The van der Waals surface area contributed by atoms with E-state index in [1.165, 1.54) is 4.57 Å². The molecule has 2 fully saturated rings. The van der Waals surface area contributed by atoms with Crippen molar-refractivity contribution in [1.82, 2.24) is 9.55 Å². The van der Waals surface area contributed by atoms with Crippen molar-refractivity contribution in [2.45, 2.75) is 51.5 Å². The van der Waals surface area contributed by atoms with Crippen molar-refractivity contribution >= 4 is 0 Å². The molecule has 6 nitrogen and oxygen atoms in total. The predicted octanol–water partition coefficient (Wildman–Crippen LogP) is 0.948. The molecule has 1 aromatic heterocycles. The van der Waals surface area contributed by atoms with Crippen molar-refractivity contribution in [1.29, 1.82) is 0 Å². The summed E-state index contributed by atoms with van der Waals surface area (Å²) in [5, 5.41) is 0. The van der Waals surface area contributed by atoms with Crippen LogP contribution in [0.15, 0.2) is 15.8 Å². The molecule has 1 aromatic rings. The molecule has 1 unspecified atom stereocenters. The second-order valence-corrected chi connectivity index (χ2v) is 5.78. The summed E-state index contributed by atoms with van der Waals surface area (Å²) >= 11 is 0. The highest BCUT2D eigenvalue weighted by atomic mass is 16.6. The molecule has 0 radical (unpaired) electrons. The molecule has 2 saturated heterocycles. The molecular formula is C14H20N2O4. The van der Waals surface area contributed by atoms with Gasteiger partial charge in [-0.2, -0.15) is 0 Å². The molecule has 0 aliphatic carbocycles. The third-order valence-corrected chi connectivity index (χ3v) is 4.81. The van der Waals surface area contributed by atoms with E-state index in [-0.39, 0.29) is 23.2 Å². The number of aryl methyl sites for hydroxylation is 1. The maximum absolute atomic E-state index is 12.0.